The van der Waals surface area contributed by atoms with Crippen molar-refractivity contribution in [1.29, 1.82) is 0 Å². The van der Waals surface area contributed by atoms with E-state index < -0.39 is 11.6 Å². The van der Waals surface area contributed by atoms with Crippen LogP contribution in [0.4, 0.5) is 8.78 Å². The normalized spacial score (nSPS) is 28.3. The smallest absolute Gasteiger partial charge is 0.200 e. The molecule has 0 radical (unpaired) electrons. The Morgan fingerprint density at radius 3 is 2.43 bits per heavy atom. The Hall–Kier alpha value is -1.20. The molecule has 5 heteroatoms. The van der Waals surface area contributed by atoms with Crippen molar-refractivity contribution in [3.63, 3.8) is 0 Å². The maximum Gasteiger partial charge on any atom is 0.200 e. The van der Waals surface area contributed by atoms with Crippen LogP contribution in [0.5, 0.6) is 5.75 Å². The minimum absolute atomic E-state index is 0.0516. The molecule has 1 saturated heterocycles. The molecule has 2 unspecified atom stereocenters. The molecule has 1 saturated carbocycles. The lowest BCUT2D eigenvalue weighted by molar-refractivity contribution is -0.112. The molecule has 0 bridgehead atoms. The Kier molecular flexibility index (Phi) is 8.10. The van der Waals surface area contributed by atoms with Gasteiger partial charge in [0, 0.05) is 5.56 Å². The molecule has 1 heterocycles. The van der Waals surface area contributed by atoms with Gasteiger partial charge in [0.1, 0.15) is 0 Å². The maximum absolute atomic E-state index is 14.2. The average molecular weight is 397 g/mol. The van der Waals surface area contributed by atoms with Crippen molar-refractivity contribution in [2.24, 2.45) is 11.8 Å². The van der Waals surface area contributed by atoms with Crippen LogP contribution in [0.1, 0.15) is 70.8 Å². The predicted molar refractivity (Wildman–Crippen MR) is 105 cm³/mol. The van der Waals surface area contributed by atoms with Crippen molar-refractivity contribution < 1.29 is 23.0 Å². The number of rotatable bonds is 8. The standard InChI is InChI=1S/C23H34F2O3/c1-3-5-16-6-8-17(9-7-16)20-13-11-19(15-28-20)27-14-18-10-12-21(26-4-2)23(25)22(18)24/h10,12,16-17,19-20H,3-9,11,13-15H2,1-2H3. The first kappa shape index (κ1) is 21.5. The van der Waals surface area contributed by atoms with Crippen LogP contribution in [-0.2, 0) is 16.1 Å². The summed E-state index contributed by atoms with van der Waals surface area (Å²) in [5.74, 6) is -0.302. The van der Waals surface area contributed by atoms with Gasteiger partial charge in [-0.25, -0.2) is 4.39 Å². The largest absolute Gasteiger partial charge is 0.491 e. The molecule has 0 N–H and O–H groups in total. The van der Waals surface area contributed by atoms with E-state index in [-0.39, 0.29) is 24.0 Å². The number of hydrogen-bond acceptors (Lipinski definition) is 3. The van der Waals surface area contributed by atoms with E-state index in [0.717, 1.165) is 18.8 Å². The summed E-state index contributed by atoms with van der Waals surface area (Å²) < 4.78 is 45.1. The highest BCUT2D eigenvalue weighted by Crippen LogP contribution is 2.37. The Morgan fingerprint density at radius 2 is 1.79 bits per heavy atom. The highest BCUT2D eigenvalue weighted by Gasteiger charge is 2.31. The molecular weight excluding hydrogens is 362 g/mol. The molecule has 0 spiro atoms. The van der Waals surface area contributed by atoms with Gasteiger partial charge in [0.25, 0.3) is 0 Å². The monoisotopic (exact) mass is 396 g/mol. The summed E-state index contributed by atoms with van der Waals surface area (Å²) in [5, 5.41) is 0. The summed E-state index contributed by atoms with van der Waals surface area (Å²) in [6, 6.07) is 2.99. The topological polar surface area (TPSA) is 27.7 Å². The van der Waals surface area contributed by atoms with E-state index in [1.165, 1.54) is 50.7 Å². The Morgan fingerprint density at radius 1 is 1.00 bits per heavy atom. The first-order chi connectivity index (χ1) is 13.6. The molecule has 1 aliphatic carbocycles. The highest BCUT2D eigenvalue weighted by molar-refractivity contribution is 5.30. The third kappa shape index (κ3) is 5.44. The van der Waals surface area contributed by atoms with Gasteiger partial charge in [-0.15, -0.1) is 0 Å². The van der Waals surface area contributed by atoms with Gasteiger partial charge in [-0.3, -0.25) is 0 Å². The summed E-state index contributed by atoms with van der Waals surface area (Å²) in [4.78, 5) is 0. The van der Waals surface area contributed by atoms with Crippen LogP contribution < -0.4 is 4.74 Å². The van der Waals surface area contributed by atoms with E-state index in [2.05, 4.69) is 6.92 Å². The fourth-order valence-electron chi connectivity index (χ4n) is 4.67. The maximum atomic E-state index is 14.2. The van der Waals surface area contributed by atoms with Crippen molar-refractivity contribution in [2.45, 2.75) is 84.0 Å². The summed E-state index contributed by atoms with van der Waals surface area (Å²) >= 11 is 0. The van der Waals surface area contributed by atoms with Gasteiger partial charge in [0.15, 0.2) is 11.6 Å². The van der Waals surface area contributed by atoms with Gasteiger partial charge in [0.05, 0.1) is 32.0 Å². The second-order valence-electron chi connectivity index (χ2n) is 8.24. The fourth-order valence-corrected chi connectivity index (χ4v) is 4.67. The molecule has 2 fully saturated rings. The molecule has 0 aromatic heterocycles. The molecule has 28 heavy (non-hydrogen) atoms. The Bertz CT molecular complexity index is 606. The number of benzene rings is 1. The minimum atomic E-state index is -0.943. The van der Waals surface area contributed by atoms with Crippen molar-refractivity contribution in [2.75, 3.05) is 13.2 Å². The van der Waals surface area contributed by atoms with Crippen LogP contribution >= 0.6 is 0 Å². The van der Waals surface area contributed by atoms with E-state index in [1.807, 2.05) is 0 Å². The fraction of sp³-hybridized carbons (Fsp3) is 0.739. The van der Waals surface area contributed by atoms with Gasteiger partial charge in [-0.2, -0.15) is 4.39 Å². The van der Waals surface area contributed by atoms with Crippen LogP contribution in [0, 0.1) is 23.5 Å². The quantitative estimate of drug-likeness (QED) is 0.537. The van der Waals surface area contributed by atoms with Gasteiger partial charge in [-0.05, 0) is 56.6 Å². The molecule has 0 amide bonds. The summed E-state index contributed by atoms with van der Waals surface area (Å²) in [7, 11) is 0. The summed E-state index contributed by atoms with van der Waals surface area (Å²) in [5.41, 5.74) is 0.220. The zero-order valence-electron chi connectivity index (χ0n) is 17.2. The first-order valence-corrected chi connectivity index (χ1v) is 10.9. The highest BCUT2D eigenvalue weighted by atomic mass is 19.2. The van der Waals surface area contributed by atoms with Crippen LogP contribution in [0.3, 0.4) is 0 Å². The minimum Gasteiger partial charge on any atom is -0.491 e. The molecule has 1 aromatic rings. The molecular formula is C23H34F2O3. The Labute approximate surface area is 167 Å². The third-order valence-electron chi connectivity index (χ3n) is 6.28. The number of ether oxygens (including phenoxy) is 3. The lowest BCUT2D eigenvalue weighted by Gasteiger charge is -2.37. The van der Waals surface area contributed by atoms with Crippen LogP contribution in [0.25, 0.3) is 0 Å². The number of halogens is 2. The Balaban J connectivity index is 1.42. The van der Waals surface area contributed by atoms with Crippen LogP contribution in [0.15, 0.2) is 12.1 Å². The molecule has 1 aliphatic heterocycles. The SMILES string of the molecule is CCCC1CCC(C2CCC(OCc3ccc(OCC)c(F)c3F)CO2)CC1. The van der Waals surface area contributed by atoms with Gasteiger partial charge in [-0.1, -0.05) is 32.6 Å². The third-order valence-corrected chi connectivity index (χ3v) is 6.28. The molecule has 3 nitrogen and oxygen atoms in total. The lowest BCUT2D eigenvalue weighted by Crippen LogP contribution is -2.37. The molecule has 1 aromatic carbocycles. The van der Waals surface area contributed by atoms with E-state index in [9.17, 15) is 8.78 Å². The molecule has 2 atom stereocenters. The zero-order valence-corrected chi connectivity index (χ0v) is 17.2. The molecule has 2 aliphatic rings. The zero-order chi connectivity index (χ0) is 19.9. The molecule has 158 valence electrons. The van der Waals surface area contributed by atoms with Crippen molar-refractivity contribution in [3.8, 4) is 5.75 Å². The van der Waals surface area contributed by atoms with Crippen LogP contribution in [0.2, 0.25) is 0 Å². The van der Waals surface area contributed by atoms with E-state index in [4.69, 9.17) is 14.2 Å². The van der Waals surface area contributed by atoms with Crippen molar-refractivity contribution in [3.05, 3.63) is 29.3 Å². The average Bonchev–Trinajstić information content (AvgIpc) is 2.72. The molecule has 3 rings (SSSR count). The lowest BCUT2D eigenvalue weighted by atomic mass is 9.76. The first-order valence-electron chi connectivity index (χ1n) is 10.9. The van der Waals surface area contributed by atoms with E-state index in [1.54, 1.807) is 6.92 Å². The van der Waals surface area contributed by atoms with Crippen molar-refractivity contribution in [1.82, 2.24) is 0 Å². The summed E-state index contributed by atoms with van der Waals surface area (Å²) in [6.45, 7) is 4.90. The van der Waals surface area contributed by atoms with Crippen molar-refractivity contribution >= 4 is 0 Å². The van der Waals surface area contributed by atoms with E-state index >= 15 is 0 Å². The second-order valence-corrected chi connectivity index (χ2v) is 8.24. The number of hydrogen-bond donors (Lipinski definition) is 0. The van der Waals surface area contributed by atoms with Gasteiger partial charge in [0.2, 0.25) is 5.82 Å². The van der Waals surface area contributed by atoms with Gasteiger partial charge >= 0.3 is 0 Å². The van der Waals surface area contributed by atoms with Crippen LogP contribution in [-0.4, -0.2) is 25.4 Å². The summed E-state index contributed by atoms with van der Waals surface area (Å²) in [6.07, 6.45) is 10.1. The predicted octanol–water partition coefficient (Wildman–Crippen LogP) is 6.03. The second kappa shape index (κ2) is 10.5. The van der Waals surface area contributed by atoms with Gasteiger partial charge < -0.3 is 14.2 Å². The van der Waals surface area contributed by atoms with E-state index in [0.29, 0.717) is 25.2 Å².